The van der Waals surface area contributed by atoms with Crippen LogP contribution in [0.5, 0.6) is 0 Å². The van der Waals surface area contributed by atoms with Crippen LogP contribution in [0.3, 0.4) is 0 Å². The third-order valence-corrected chi connectivity index (χ3v) is 3.25. The molecule has 0 aliphatic rings. The predicted octanol–water partition coefficient (Wildman–Crippen LogP) is 4.59. The second kappa shape index (κ2) is 5.66. The summed E-state index contributed by atoms with van der Waals surface area (Å²) in [6.07, 6.45) is 1.89. The molecule has 0 unspecified atom stereocenters. The quantitative estimate of drug-likeness (QED) is 0.575. The highest BCUT2D eigenvalue weighted by Crippen LogP contribution is 2.22. The van der Waals surface area contributed by atoms with Gasteiger partial charge in [0.15, 0.2) is 5.78 Å². The summed E-state index contributed by atoms with van der Waals surface area (Å²) in [7, 11) is 0. The molecule has 1 heteroatoms. The maximum absolute atomic E-state index is 12.6. The Morgan fingerprint density at radius 2 is 1.74 bits per heavy atom. The number of hydrogen-bond donors (Lipinski definition) is 0. The van der Waals surface area contributed by atoms with E-state index in [1.54, 1.807) is 0 Å². The number of aryl methyl sites for hydroxylation is 2. The van der Waals surface area contributed by atoms with Crippen molar-refractivity contribution in [2.45, 2.75) is 20.8 Å². The highest BCUT2D eigenvalue weighted by molar-refractivity contribution is 6.29. The normalized spacial score (nSPS) is 11.4. The van der Waals surface area contributed by atoms with E-state index in [-0.39, 0.29) is 5.78 Å². The lowest BCUT2D eigenvalue weighted by atomic mass is 9.93. The Labute approximate surface area is 114 Å². The number of hydrogen-bond acceptors (Lipinski definition) is 1. The van der Waals surface area contributed by atoms with E-state index >= 15 is 0 Å². The smallest absolute Gasteiger partial charge is 0.193 e. The number of rotatable bonds is 3. The van der Waals surface area contributed by atoms with Crippen molar-refractivity contribution in [3.05, 3.63) is 76.9 Å². The zero-order valence-corrected chi connectivity index (χ0v) is 11.6. The molecule has 0 saturated heterocycles. The summed E-state index contributed by atoms with van der Waals surface area (Å²) in [5.74, 6) is 0.0891. The Bertz CT molecular complexity index is 636. The van der Waals surface area contributed by atoms with E-state index in [1.165, 1.54) is 0 Å². The van der Waals surface area contributed by atoms with E-state index < -0.39 is 0 Å². The molecule has 0 bridgehead atoms. The number of allylic oxidation sites excluding steroid dienone is 2. The van der Waals surface area contributed by atoms with Crippen LogP contribution in [0.2, 0.25) is 0 Å². The molecule has 0 amide bonds. The molecule has 0 atom stereocenters. The van der Waals surface area contributed by atoms with Crippen LogP contribution in [0.25, 0.3) is 5.57 Å². The average molecular weight is 250 g/mol. The van der Waals surface area contributed by atoms with Crippen molar-refractivity contribution in [3.8, 4) is 0 Å². The van der Waals surface area contributed by atoms with E-state index in [0.717, 1.165) is 27.8 Å². The van der Waals surface area contributed by atoms with Gasteiger partial charge in [-0.3, -0.25) is 4.79 Å². The minimum atomic E-state index is 0.0891. The highest BCUT2D eigenvalue weighted by Gasteiger charge is 2.15. The summed E-state index contributed by atoms with van der Waals surface area (Å²) >= 11 is 0. The largest absolute Gasteiger partial charge is 0.289 e. The van der Waals surface area contributed by atoms with Gasteiger partial charge in [-0.1, -0.05) is 60.2 Å². The molecule has 96 valence electrons. The van der Waals surface area contributed by atoms with Crippen molar-refractivity contribution < 1.29 is 4.79 Å². The van der Waals surface area contributed by atoms with Crippen LogP contribution in [0.1, 0.15) is 34.0 Å². The topological polar surface area (TPSA) is 17.1 Å². The second-order valence-electron chi connectivity index (χ2n) is 4.72. The molecule has 0 spiro atoms. The molecule has 0 fully saturated rings. The summed E-state index contributed by atoms with van der Waals surface area (Å²) in [5, 5.41) is 0. The highest BCUT2D eigenvalue weighted by atomic mass is 16.1. The molecule has 0 N–H and O–H groups in total. The van der Waals surface area contributed by atoms with E-state index in [4.69, 9.17) is 0 Å². The van der Waals surface area contributed by atoms with Crippen LogP contribution in [-0.2, 0) is 0 Å². The number of benzene rings is 2. The Morgan fingerprint density at radius 3 is 2.37 bits per heavy atom. The maximum Gasteiger partial charge on any atom is 0.193 e. The van der Waals surface area contributed by atoms with E-state index in [0.29, 0.717) is 0 Å². The lowest BCUT2D eigenvalue weighted by molar-refractivity contribution is 0.105. The van der Waals surface area contributed by atoms with E-state index in [1.807, 2.05) is 75.4 Å². The predicted molar refractivity (Wildman–Crippen MR) is 80.3 cm³/mol. The second-order valence-corrected chi connectivity index (χ2v) is 4.72. The lowest BCUT2D eigenvalue weighted by Gasteiger charge is -2.09. The Kier molecular flexibility index (Phi) is 3.96. The van der Waals surface area contributed by atoms with Gasteiger partial charge in [0.25, 0.3) is 0 Å². The number of Topliss-reactive ketones (excluding diaryl/α,β-unsaturated/α-hetero) is 1. The van der Waals surface area contributed by atoms with Gasteiger partial charge in [-0.2, -0.15) is 0 Å². The Balaban J connectivity index is 2.45. The third-order valence-electron chi connectivity index (χ3n) is 3.25. The SMILES string of the molecule is C/C=C(\C(=O)c1ccccc1C)c1cccc(C)c1. The molecular weight excluding hydrogens is 232 g/mol. The molecule has 0 radical (unpaired) electrons. The van der Waals surface area contributed by atoms with Crippen LogP contribution in [0, 0.1) is 13.8 Å². The van der Waals surface area contributed by atoms with E-state index in [2.05, 4.69) is 0 Å². The minimum Gasteiger partial charge on any atom is -0.289 e. The molecule has 0 aliphatic carbocycles. The summed E-state index contributed by atoms with van der Waals surface area (Å²) in [5.41, 5.74) is 4.69. The molecule has 2 aromatic rings. The fourth-order valence-electron chi connectivity index (χ4n) is 2.21. The van der Waals surface area contributed by atoms with Crippen molar-refractivity contribution >= 4 is 11.4 Å². The number of carbonyl (C=O) groups is 1. The molecule has 0 aromatic heterocycles. The molecule has 1 nitrogen and oxygen atoms in total. The summed E-state index contributed by atoms with van der Waals surface area (Å²) in [6, 6.07) is 15.8. The minimum absolute atomic E-state index is 0.0891. The van der Waals surface area contributed by atoms with Crippen LogP contribution < -0.4 is 0 Å². The molecule has 0 heterocycles. The zero-order valence-electron chi connectivity index (χ0n) is 11.6. The average Bonchev–Trinajstić information content (AvgIpc) is 2.40. The maximum atomic E-state index is 12.6. The van der Waals surface area contributed by atoms with Crippen molar-refractivity contribution in [3.63, 3.8) is 0 Å². The third kappa shape index (κ3) is 2.82. The first kappa shape index (κ1) is 13.3. The fraction of sp³-hybridized carbons (Fsp3) is 0.167. The Morgan fingerprint density at radius 1 is 1.00 bits per heavy atom. The van der Waals surface area contributed by atoms with Gasteiger partial charge < -0.3 is 0 Å². The number of ketones is 1. The lowest BCUT2D eigenvalue weighted by Crippen LogP contribution is -2.04. The first-order valence-corrected chi connectivity index (χ1v) is 6.47. The molecular formula is C18H18O. The van der Waals surface area contributed by atoms with Gasteiger partial charge in [0.2, 0.25) is 0 Å². The van der Waals surface area contributed by atoms with Crippen molar-refractivity contribution in [2.75, 3.05) is 0 Å². The van der Waals surface area contributed by atoms with Crippen LogP contribution in [-0.4, -0.2) is 5.78 Å². The summed E-state index contributed by atoms with van der Waals surface area (Å²) < 4.78 is 0. The van der Waals surface area contributed by atoms with Gasteiger partial charge in [0, 0.05) is 11.1 Å². The summed E-state index contributed by atoms with van der Waals surface area (Å²) in [6.45, 7) is 5.92. The van der Waals surface area contributed by atoms with E-state index in [9.17, 15) is 4.79 Å². The van der Waals surface area contributed by atoms with Crippen molar-refractivity contribution in [1.29, 1.82) is 0 Å². The summed E-state index contributed by atoms with van der Waals surface area (Å²) in [4.78, 5) is 12.6. The van der Waals surface area contributed by atoms with Gasteiger partial charge in [0.05, 0.1) is 0 Å². The van der Waals surface area contributed by atoms with Crippen LogP contribution in [0.4, 0.5) is 0 Å². The first-order valence-electron chi connectivity index (χ1n) is 6.47. The van der Waals surface area contributed by atoms with Gasteiger partial charge in [-0.25, -0.2) is 0 Å². The first-order chi connectivity index (χ1) is 9.13. The monoisotopic (exact) mass is 250 g/mol. The molecule has 19 heavy (non-hydrogen) atoms. The Hall–Kier alpha value is -2.15. The van der Waals surface area contributed by atoms with Crippen molar-refractivity contribution in [2.24, 2.45) is 0 Å². The molecule has 2 aromatic carbocycles. The van der Waals surface area contributed by atoms with Gasteiger partial charge in [-0.05, 0) is 31.9 Å². The fourth-order valence-corrected chi connectivity index (χ4v) is 2.21. The van der Waals surface area contributed by atoms with Crippen LogP contribution in [0.15, 0.2) is 54.6 Å². The van der Waals surface area contributed by atoms with Crippen LogP contribution >= 0.6 is 0 Å². The molecule has 0 aliphatic heterocycles. The zero-order chi connectivity index (χ0) is 13.8. The van der Waals surface area contributed by atoms with Gasteiger partial charge in [-0.15, -0.1) is 0 Å². The molecule has 2 rings (SSSR count). The molecule has 0 saturated carbocycles. The van der Waals surface area contributed by atoms with Gasteiger partial charge >= 0.3 is 0 Å². The standard InChI is InChI=1S/C18H18O/c1-4-16(15-10-7-8-13(2)12-15)18(19)17-11-6-5-9-14(17)3/h4-12H,1-3H3/b16-4-. The van der Waals surface area contributed by atoms with Crippen molar-refractivity contribution in [1.82, 2.24) is 0 Å². The number of carbonyl (C=O) groups excluding carboxylic acids is 1. The van der Waals surface area contributed by atoms with Gasteiger partial charge in [0.1, 0.15) is 0 Å².